The van der Waals surface area contributed by atoms with E-state index < -0.39 is 20.9 Å². The molecule has 1 N–H and O–H groups in total. The van der Waals surface area contributed by atoms with E-state index in [1.807, 2.05) is 6.92 Å². The molecule has 0 aliphatic carbocycles. The molecule has 0 unspecified atom stereocenters. The fourth-order valence-electron chi connectivity index (χ4n) is 3.71. The Bertz CT molecular complexity index is 1630. The van der Waals surface area contributed by atoms with Crippen molar-refractivity contribution < 1.29 is 18.1 Å². The van der Waals surface area contributed by atoms with Crippen LogP contribution in [0.25, 0.3) is 0 Å². The largest absolute Gasteiger partial charge is 0.271 e. The van der Waals surface area contributed by atoms with Crippen LogP contribution in [0.15, 0.2) is 107 Å². The normalized spacial score (nSPS) is 11.3. The van der Waals surface area contributed by atoms with Gasteiger partial charge >= 0.3 is 0 Å². The van der Waals surface area contributed by atoms with E-state index in [1.165, 1.54) is 46.9 Å². The molecule has 0 atom stereocenters. The summed E-state index contributed by atoms with van der Waals surface area (Å²) in [6.07, 6.45) is 1.37. The number of nitrogens with zero attached hydrogens (tertiary/aromatic N) is 3. The third-order valence-corrected chi connectivity index (χ3v) is 7.81. The van der Waals surface area contributed by atoms with Gasteiger partial charge in [-0.2, -0.15) is 5.10 Å². The third kappa shape index (κ3) is 6.67. The number of hydrogen-bond donors (Lipinski definition) is 1. The van der Waals surface area contributed by atoms with Crippen LogP contribution in [0.4, 0.5) is 11.4 Å². The van der Waals surface area contributed by atoms with Crippen LogP contribution in [0.3, 0.4) is 0 Å². The zero-order chi connectivity index (χ0) is 28.0. The Labute approximate surface area is 230 Å². The molecule has 11 heteroatoms. The predicted octanol–water partition coefficient (Wildman–Crippen LogP) is 5.72. The molecule has 0 aliphatic rings. The van der Waals surface area contributed by atoms with Crippen molar-refractivity contribution in [3.05, 3.63) is 134 Å². The first-order valence-electron chi connectivity index (χ1n) is 11.7. The van der Waals surface area contributed by atoms with Crippen molar-refractivity contribution in [3.63, 3.8) is 0 Å². The van der Waals surface area contributed by atoms with Gasteiger partial charge in [0, 0.05) is 22.7 Å². The molecule has 9 nitrogen and oxygen atoms in total. The second kappa shape index (κ2) is 11.9. The number of amides is 1. The van der Waals surface area contributed by atoms with Gasteiger partial charge in [-0.1, -0.05) is 48.0 Å². The van der Waals surface area contributed by atoms with Gasteiger partial charge in [0.1, 0.15) is 0 Å². The molecular formula is C28H23ClN4O5S. The van der Waals surface area contributed by atoms with E-state index in [4.69, 9.17) is 11.6 Å². The lowest BCUT2D eigenvalue weighted by atomic mass is 10.1. The molecule has 4 rings (SSSR count). The van der Waals surface area contributed by atoms with Gasteiger partial charge in [0.25, 0.3) is 21.6 Å². The van der Waals surface area contributed by atoms with E-state index in [-0.39, 0.29) is 17.1 Å². The summed E-state index contributed by atoms with van der Waals surface area (Å²) in [5.74, 6) is -0.473. The maximum atomic E-state index is 13.6. The second-order valence-electron chi connectivity index (χ2n) is 8.50. The van der Waals surface area contributed by atoms with Crippen LogP contribution in [0.2, 0.25) is 5.02 Å². The molecule has 4 aromatic carbocycles. The Balaban J connectivity index is 1.52. The number of rotatable bonds is 9. The number of hydrazone groups is 1. The highest BCUT2D eigenvalue weighted by Gasteiger charge is 2.26. The number of anilines is 1. The fraction of sp³-hybridized carbons (Fsp3) is 0.0714. The van der Waals surface area contributed by atoms with Crippen LogP contribution in [0.5, 0.6) is 0 Å². The number of nitro benzene ring substituents is 1. The Morgan fingerprint density at radius 2 is 1.67 bits per heavy atom. The van der Waals surface area contributed by atoms with E-state index in [2.05, 4.69) is 10.5 Å². The highest BCUT2D eigenvalue weighted by molar-refractivity contribution is 7.92. The second-order valence-corrected chi connectivity index (χ2v) is 10.8. The Hall–Kier alpha value is -4.54. The molecule has 39 heavy (non-hydrogen) atoms. The molecule has 198 valence electrons. The summed E-state index contributed by atoms with van der Waals surface area (Å²) in [5, 5.41) is 15.0. The lowest BCUT2D eigenvalue weighted by molar-refractivity contribution is -0.384. The van der Waals surface area contributed by atoms with E-state index >= 15 is 0 Å². The Morgan fingerprint density at radius 3 is 2.31 bits per heavy atom. The van der Waals surface area contributed by atoms with Gasteiger partial charge in [0.05, 0.1) is 28.3 Å². The van der Waals surface area contributed by atoms with E-state index in [0.29, 0.717) is 27.4 Å². The molecule has 4 aromatic rings. The summed E-state index contributed by atoms with van der Waals surface area (Å²) >= 11 is 6.21. The Morgan fingerprint density at radius 1 is 1.00 bits per heavy atom. The molecule has 0 fully saturated rings. The predicted molar refractivity (Wildman–Crippen MR) is 151 cm³/mol. The SMILES string of the molecule is Cc1ccc(Cl)cc1N(Cc1ccc(C(=O)N/N=C\c2ccc([N+](=O)[O-])cc2)cc1)S(=O)(=O)c1ccccc1. The molecule has 0 spiro atoms. The summed E-state index contributed by atoms with van der Waals surface area (Å²) in [6, 6.07) is 25.4. The van der Waals surface area contributed by atoms with Crippen molar-refractivity contribution in [2.24, 2.45) is 5.10 Å². The van der Waals surface area contributed by atoms with Gasteiger partial charge in [-0.3, -0.25) is 19.2 Å². The Kier molecular flexibility index (Phi) is 8.38. The number of carbonyl (C=O) groups is 1. The first kappa shape index (κ1) is 27.5. The van der Waals surface area contributed by atoms with Crippen molar-refractivity contribution in [1.29, 1.82) is 0 Å². The summed E-state index contributed by atoms with van der Waals surface area (Å²) < 4.78 is 28.6. The number of nitro groups is 1. The molecule has 0 heterocycles. The zero-order valence-electron chi connectivity index (χ0n) is 20.7. The van der Waals surface area contributed by atoms with Crippen molar-refractivity contribution in [2.75, 3.05) is 4.31 Å². The number of hydrogen-bond acceptors (Lipinski definition) is 6. The summed E-state index contributed by atoms with van der Waals surface area (Å²) in [7, 11) is -3.92. The lowest BCUT2D eigenvalue weighted by Gasteiger charge is -2.26. The number of non-ortho nitro benzene ring substituents is 1. The molecule has 0 aliphatic heterocycles. The van der Waals surface area contributed by atoms with Crippen LogP contribution >= 0.6 is 11.6 Å². The van der Waals surface area contributed by atoms with Gasteiger partial charge in [0.2, 0.25) is 0 Å². The molecule has 0 saturated heterocycles. The standard InChI is InChI=1S/C28H23ClN4O5S/c1-20-7-14-24(29)17-27(20)32(39(37,38)26-5-3-2-4-6-26)19-22-8-12-23(13-9-22)28(34)31-30-18-21-10-15-25(16-11-21)33(35)36/h2-18H,19H2,1H3,(H,31,34)/b30-18-. The van der Waals surface area contributed by atoms with Crippen molar-refractivity contribution in [3.8, 4) is 0 Å². The summed E-state index contributed by atoms with van der Waals surface area (Å²) in [6.45, 7) is 1.82. The fourth-order valence-corrected chi connectivity index (χ4v) is 5.41. The minimum Gasteiger partial charge on any atom is -0.267 e. The minimum absolute atomic E-state index is 0.0125. The maximum absolute atomic E-state index is 13.6. The van der Waals surface area contributed by atoms with E-state index in [1.54, 1.807) is 60.7 Å². The van der Waals surface area contributed by atoms with Crippen LogP contribution in [-0.4, -0.2) is 25.5 Å². The number of aryl methyl sites for hydroxylation is 1. The third-order valence-electron chi connectivity index (χ3n) is 5.80. The first-order valence-corrected chi connectivity index (χ1v) is 13.5. The number of benzene rings is 4. The molecular weight excluding hydrogens is 540 g/mol. The van der Waals surface area contributed by atoms with Crippen LogP contribution in [0, 0.1) is 17.0 Å². The molecule has 0 saturated carbocycles. The summed E-state index contributed by atoms with van der Waals surface area (Å²) in [5.41, 5.74) is 5.10. The molecule has 0 radical (unpaired) electrons. The van der Waals surface area contributed by atoms with Gasteiger partial charge in [0.15, 0.2) is 0 Å². The van der Waals surface area contributed by atoms with Gasteiger partial charge in [-0.05, 0) is 72.1 Å². The number of sulfonamides is 1. The van der Waals surface area contributed by atoms with Crippen LogP contribution < -0.4 is 9.73 Å². The topological polar surface area (TPSA) is 122 Å². The molecule has 1 amide bonds. The average Bonchev–Trinajstić information content (AvgIpc) is 2.94. The van der Waals surface area contributed by atoms with Gasteiger partial charge in [-0.25, -0.2) is 13.8 Å². The monoisotopic (exact) mass is 562 g/mol. The van der Waals surface area contributed by atoms with Crippen molar-refractivity contribution in [2.45, 2.75) is 18.4 Å². The maximum Gasteiger partial charge on any atom is 0.271 e. The lowest BCUT2D eigenvalue weighted by Crippen LogP contribution is -2.31. The van der Waals surface area contributed by atoms with Crippen LogP contribution in [-0.2, 0) is 16.6 Å². The zero-order valence-corrected chi connectivity index (χ0v) is 22.3. The van der Waals surface area contributed by atoms with Gasteiger partial charge < -0.3 is 0 Å². The molecule has 0 bridgehead atoms. The van der Waals surface area contributed by atoms with Crippen molar-refractivity contribution in [1.82, 2.24) is 5.43 Å². The van der Waals surface area contributed by atoms with Gasteiger partial charge in [-0.15, -0.1) is 0 Å². The van der Waals surface area contributed by atoms with E-state index in [0.717, 1.165) is 5.56 Å². The highest BCUT2D eigenvalue weighted by atomic mass is 35.5. The highest BCUT2D eigenvalue weighted by Crippen LogP contribution is 2.31. The number of carbonyl (C=O) groups excluding carboxylic acids is 1. The van der Waals surface area contributed by atoms with E-state index in [9.17, 15) is 23.3 Å². The minimum atomic E-state index is -3.92. The smallest absolute Gasteiger partial charge is 0.267 e. The van der Waals surface area contributed by atoms with Crippen LogP contribution in [0.1, 0.15) is 27.0 Å². The first-order chi connectivity index (χ1) is 18.6. The summed E-state index contributed by atoms with van der Waals surface area (Å²) in [4.78, 5) is 22.9. The average molecular weight is 563 g/mol. The number of halogens is 1. The number of nitrogens with one attached hydrogen (secondary N) is 1. The quantitative estimate of drug-likeness (QED) is 0.159. The molecule has 0 aromatic heterocycles. The van der Waals surface area contributed by atoms with Crippen molar-refractivity contribution >= 4 is 45.1 Å².